The van der Waals surface area contributed by atoms with Gasteiger partial charge in [0.1, 0.15) is 11.5 Å². The third-order valence-electron chi connectivity index (χ3n) is 8.65. The number of ether oxygens (including phenoxy) is 2. The second-order valence-electron chi connectivity index (χ2n) is 12.4. The van der Waals surface area contributed by atoms with Crippen LogP contribution in [-0.4, -0.2) is 25.0 Å². The van der Waals surface area contributed by atoms with E-state index in [1.54, 1.807) is 24.3 Å². The minimum atomic E-state index is -0.208. The molecule has 8 heteroatoms. The van der Waals surface area contributed by atoms with Crippen molar-refractivity contribution in [3.63, 3.8) is 0 Å². The van der Waals surface area contributed by atoms with Crippen molar-refractivity contribution in [3.05, 3.63) is 176 Å². The highest BCUT2D eigenvalue weighted by molar-refractivity contribution is 9.11. The van der Waals surface area contributed by atoms with Crippen LogP contribution in [0.15, 0.2) is 142 Å². The molecular formula is C44H38Br2N2O4. The first-order valence-corrected chi connectivity index (χ1v) is 18.6. The lowest BCUT2D eigenvalue weighted by atomic mass is 9.99. The molecule has 6 rings (SSSR count). The highest BCUT2D eigenvalue weighted by Gasteiger charge is 2.14. The van der Waals surface area contributed by atoms with Crippen LogP contribution >= 0.6 is 31.9 Å². The van der Waals surface area contributed by atoms with Gasteiger partial charge in [-0.05, 0) is 140 Å². The summed E-state index contributed by atoms with van der Waals surface area (Å²) in [4.78, 5) is 26.3. The summed E-state index contributed by atoms with van der Waals surface area (Å²) in [7, 11) is 0. The van der Waals surface area contributed by atoms with E-state index in [9.17, 15) is 9.59 Å². The molecule has 0 fully saturated rings. The van der Waals surface area contributed by atoms with Gasteiger partial charge < -0.3 is 20.1 Å². The zero-order valence-electron chi connectivity index (χ0n) is 28.9. The Labute approximate surface area is 321 Å². The third kappa shape index (κ3) is 9.57. The first kappa shape index (κ1) is 36.6. The van der Waals surface area contributed by atoms with Gasteiger partial charge in [0.25, 0.3) is 11.8 Å². The minimum absolute atomic E-state index is 0.208. The minimum Gasteiger partial charge on any atom is -0.492 e. The number of carbonyl (C=O) groups excluding carboxylic acids is 2. The van der Waals surface area contributed by atoms with Gasteiger partial charge in [-0.25, -0.2) is 0 Å². The fourth-order valence-corrected chi connectivity index (χ4v) is 6.71. The number of nitrogens with one attached hydrogen (secondary N) is 2. The van der Waals surface area contributed by atoms with Gasteiger partial charge in [0.2, 0.25) is 0 Å². The maximum Gasteiger partial charge on any atom is 0.255 e. The summed E-state index contributed by atoms with van der Waals surface area (Å²) in [6.45, 7) is 5.02. The van der Waals surface area contributed by atoms with Gasteiger partial charge >= 0.3 is 0 Å². The van der Waals surface area contributed by atoms with Crippen LogP contribution in [0.1, 0.15) is 43.0 Å². The quantitative estimate of drug-likeness (QED) is 0.122. The van der Waals surface area contributed by atoms with Crippen molar-refractivity contribution in [2.75, 3.05) is 23.8 Å². The molecule has 0 radical (unpaired) electrons. The van der Waals surface area contributed by atoms with Crippen LogP contribution in [-0.2, 0) is 12.8 Å². The third-order valence-corrected chi connectivity index (χ3v) is 9.89. The summed E-state index contributed by atoms with van der Waals surface area (Å²) in [6, 6.07) is 42.9. The molecule has 0 heterocycles. The molecule has 52 heavy (non-hydrogen) atoms. The average molecular weight is 819 g/mol. The van der Waals surface area contributed by atoms with Crippen molar-refractivity contribution in [2.45, 2.75) is 26.7 Å². The summed E-state index contributed by atoms with van der Waals surface area (Å²) in [6.07, 6.45) is 1.59. The molecule has 0 saturated carbocycles. The van der Waals surface area contributed by atoms with Gasteiger partial charge in [-0.2, -0.15) is 0 Å². The fourth-order valence-electron chi connectivity index (χ4n) is 5.72. The summed E-state index contributed by atoms with van der Waals surface area (Å²) in [5.74, 6) is 0.967. The van der Waals surface area contributed by atoms with Gasteiger partial charge in [-0.15, -0.1) is 0 Å². The molecule has 6 aromatic carbocycles. The van der Waals surface area contributed by atoms with E-state index in [0.29, 0.717) is 35.8 Å². The molecule has 0 saturated heterocycles. The molecule has 0 aliphatic heterocycles. The standard InChI is InChI=1S/C44H38Br2N2O4/c1-29-25-33(13-17-39(29)47-43(49)35-15-19-41(37(45)27-35)51-23-21-31-9-5-3-6-10-31)34-14-18-40(30(2)26-34)48-44(50)36-16-20-42(38(46)28-36)52-24-22-32-11-7-4-8-12-32/h3-20,25-28H,21-24H2,1-2H3,(H,47,49)(H,48,50). The van der Waals surface area contributed by atoms with E-state index in [1.165, 1.54) is 11.1 Å². The predicted octanol–water partition coefficient (Wildman–Crippen LogP) is 11.2. The van der Waals surface area contributed by atoms with Gasteiger partial charge in [-0.3, -0.25) is 9.59 Å². The lowest BCUT2D eigenvalue weighted by Crippen LogP contribution is -2.13. The number of amides is 2. The van der Waals surface area contributed by atoms with Crippen LogP contribution in [0.3, 0.4) is 0 Å². The molecule has 2 N–H and O–H groups in total. The molecule has 0 aliphatic carbocycles. The molecule has 0 bridgehead atoms. The van der Waals surface area contributed by atoms with Crippen LogP contribution < -0.4 is 20.1 Å². The second kappa shape index (κ2) is 17.4. The number of benzene rings is 6. The molecule has 262 valence electrons. The Morgan fingerprint density at radius 3 is 1.29 bits per heavy atom. The number of aryl methyl sites for hydroxylation is 2. The molecule has 0 aromatic heterocycles. The molecule has 0 aliphatic rings. The van der Waals surface area contributed by atoms with Crippen molar-refractivity contribution in [2.24, 2.45) is 0 Å². The van der Waals surface area contributed by atoms with E-state index in [1.807, 2.05) is 98.8 Å². The Balaban J connectivity index is 1.03. The van der Waals surface area contributed by atoms with Crippen molar-refractivity contribution >= 4 is 55.0 Å². The predicted molar refractivity (Wildman–Crippen MR) is 217 cm³/mol. The lowest BCUT2D eigenvalue weighted by molar-refractivity contribution is 0.101. The maximum atomic E-state index is 13.2. The van der Waals surface area contributed by atoms with Gasteiger partial charge in [-0.1, -0.05) is 72.8 Å². The van der Waals surface area contributed by atoms with Crippen LogP contribution in [0, 0.1) is 13.8 Å². The number of halogens is 2. The number of rotatable bonds is 13. The monoisotopic (exact) mass is 816 g/mol. The summed E-state index contributed by atoms with van der Waals surface area (Å²) >= 11 is 7.11. The summed E-state index contributed by atoms with van der Waals surface area (Å²) < 4.78 is 13.3. The average Bonchev–Trinajstić information content (AvgIpc) is 3.15. The molecule has 6 aromatic rings. The Morgan fingerprint density at radius 1 is 0.519 bits per heavy atom. The zero-order chi connectivity index (χ0) is 36.5. The molecule has 0 unspecified atom stereocenters. The first-order valence-electron chi connectivity index (χ1n) is 17.0. The Kier molecular flexibility index (Phi) is 12.2. The van der Waals surface area contributed by atoms with Gasteiger partial charge in [0.15, 0.2) is 0 Å². The van der Waals surface area contributed by atoms with E-state index >= 15 is 0 Å². The Morgan fingerprint density at radius 2 is 0.923 bits per heavy atom. The van der Waals surface area contributed by atoms with E-state index in [-0.39, 0.29) is 11.8 Å². The van der Waals surface area contributed by atoms with Gasteiger partial charge in [0, 0.05) is 35.3 Å². The van der Waals surface area contributed by atoms with Crippen LogP contribution in [0.5, 0.6) is 11.5 Å². The zero-order valence-corrected chi connectivity index (χ0v) is 32.1. The van der Waals surface area contributed by atoms with Crippen LogP contribution in [0.4, 0.5) is 11.4 Å². The number of hydrogen-bond donors (Lipinski definition) is 2. The summed E-state index contributed by atoms with van der Waals surface area (Å²) in [5.41, 5.74) is 8.79. The number of carbonyl (C=O) groups is 2. The molecule has 0 atom stereocenters. The van der Waals surface area contributed by atoms with Crippen molar-refractivity contribution in [3.8, 4) is 22.6 Å². The van der Waals surface area contributed by atoms with Crippen molar-refractivity contribution in [1.82, 2.24) is 0 Å². The highest BCUT2D eigenvalue weighted by Crippen LogP contribution is 2.31. The summed E-state index contributed by atoms with van der Waals surface area (Å²) in [5, 5.41) is 6.08. The van der Waals surface area contributed by atoms with Crippen LogP contribution in [0.2, 0.25) is 0 Å². The van der Waals surface area contributed by atoms with Crippen LogP contribution in [0.25, 0.3) is 11.1 Å². The van der Waals surface area contributed by atoms with E-state index < -0.39 is 0 Å². The first-order chi connectivity index (χ1) is 25.2. The molecule has 2 amide bonds. The highest BCUT2D eigenvalue weighted by atomic mass is 79.9. The lowest BCUT2D eigenvalue weighted by Gasteiger charge is -2.14. The van der Waals surface area contributed by atoms with Crippen molar-refractivity contribution in [1.29, 1.82) is 0 Å². The maximum absolute atomic E-state index is 13.2. The topological polar surface area (TPSA) is 76.7 Å². The number of hydrogen-bond acceptors (Lipinski definition) is 4. The van der Waals surface area contributed by atoms with E-state index in [0.717, 1.165) is 55.4 Å². The molecule has 6 nitrogen and oxygen atoms in total. The Bertz CT molecular complexity index is 2030. The SMILES string of the molecule is Cc1cc(-c2ccc(NC(=O)c3ccc(OCCc4ccccc4)c(Br)c3)c(C)c2)ccc1NC(=O)c1ccc(OCCc2ccccc2)c(Br)c1. The molecular weight excluding hydrogens is 780 g/mol. The largest absolute Gasteiger partial charge is 0.492 e. The fraction of sp³-hybridized carbons (Fsp3) is 0.136. The normalized spacial score (nSPS) is 10.8. The Hall–Kier alpha value is -5.18. The van der Waals surface area contributed by atoms with Crippen molar-refractivity contribution < 1.29 is 19.1 Å². The van der Waals surface area contributed by atoms with E-state index in [2.05, 4.69) is 66.8 Å². The smallest absolute Gasteiger partial charge is 0.255 e. The number of anilines is 2. The second-order valence-corrected chi connectivity index (χ2v) is 14.1. The van der Waals surface area contributed by atoms with Gasteiger partial charge in [0.05, 0.1) is 22.2 Å². The molecule has 0 spiro atoms. The van der Waals surface area contributed by atoms with E-state index in [4.69, 9.17) is 9.47 Å².